The largest absolute Gasteiger partial charge is 0.353 e. The molecule has 0 aliphatic carbocycles. The van der Waals surface area contributed by atoms with Gasteiger partial charge in [0.15, 0.2) is 5.96 Å². The molecule has 0 saturated carbocycles. The quantitative estimate of drug-likeness (QED) is 0.456. The highest BCUT2D eigenvalue weighted by Gasteiger charge is 2.08. The lowest BCUT2D eigenvalue weighted by Gasteiger charge is -2.13. The summed E-state index contributed by atoms with van der Waals surface area (Å²) in [5.41, 5.74) is 2.85. The number of benzene rings is 1. The van der Waals surface area contributed by atoms with Crippen LogP contribution < -0.4 is 16.0 Å². The summed E-state index contributed by atoms with van der Waals surface area (Å²) in [6.45, 7) is 8.03. The van der Waals surface area contributed by atoms with Crippen LogP contribution in [0.25, 0.3) is 0 Å². The van der Waals surface area contributed by atoms with Crippen molar-refractivity contribution < 1.29 is 4.79 Å². The number of nitrogens with one attached hydrogen (secondary N) is 3. The third kappa shape index (κ3) is 5.32. The molecule has 0 saturated heterocycles. The van der Waals surface area contributed by atoms with E-state index in [9.17, 15) is 4.79 Å². The molecule has 0 spiro atoms. The van der Waals surface area contributed by atoms with E-state index in [0.717, 1.165) is 16.8 Å². The molecule has 0 fully saturated rings. The van der Waals surface area contributed by atoms with Crippen LogP contribution in [-0.2, 0) is 0 Å². The zero-order valence-electron chi connectivity index (χ0n) is 12.0. The number of hydrogen-bond acceptors (Lipinski definition) is 2. The number of guanidine groups is 1. The van der Waals surface area contributed by atoms with Crippen LogP contribution in [0.1, 0.15) is 11.1 Å². The first kappa shape index (κ1) is 18.0. The Bertz CT molecular complexity index is 480. The summed E-state index contributed by atoms with van der Waals surface area (Å²) < 4.78 is 0. The van der Waals surface area contributed by atoms with Gasteiger partial charge in [0.2, 0.25) is 0 Å². The number of carbonyl (C=O) groups excluding carboxylic acids is 1. The fourth-order valence-electron chi connectivity index (χ4n) is 1.61. The molecule has 6 heteroatoms. The van der Waals surface area contributed by atoms with Gasteiger partial charge in [0.1, 0.15) is 0 Å². The number of aliphatic imine (C=N–C) groups is 1. The molecule has 1 rings (SSSR count). The van der Waals surface area contributed by atoms with Crippen LogP contribution in [0.15, 0.2) is 35.8 Å². The Morgan fingerprint density at radius 1 is 1.35 bits per heavy atom. The molecule has 0 heterocycles. The molecular formula is C14H21ClN4O. The van der Waals surface area contributed by atoms with E-state index in [-0.39, 0.29) is 18.4 Å². The Morgan fingerprint density at radius 3 is 2.45 bits per heavy atom. The molecule has 3 N–H and O–H groups in total. The highest BCUT2D eigenvalue weighted by atomic mass is 35.5. The second kappa shape index (κ2) is 8.98. The topological polar surface area (TPSA) is 65.5 Å². The van der Waals surface area contributed by atoms with Gasteiger partial charge in [0.05, 0.1) is 0 Å². The molecule has 0 radical (unpaired) electrons. The van der Waals surface area contributed by atoms with Crippen molar-refractivity contribution in [3.05, 3.63) is 42.0 Å². The van der Waals surface area contributed by atoms with E-state index in [0.29, 0.717) is 12.5 Å². The van der Waals surface area contributed by atoms with Crippen LogP contribution in [0.4, 0.5) is 10.5 Å². The van der Waals surface area contributed by atoms with E-state index in [4.69, 9.17) is 0 Å². The molecule has 0 aromatic heterocycles. The molecule has 0 aliphatic heterocycles. The first-order valence-electron chi connectivity index (χ1n) is 6.04. The molecule has 0 unspecified atom stereocenters. The van der Waals surface area contributed by atoms with Crippen molar-refractivity contribution in [3.8, 4) is 0 Å². The number of rotatable bonds is 3. The maximum absolute atomic E-state index is 11.9. The van der Waals surface area contributed by atoms with Gasteiger partial charge < -0.3 is 10.6 Å². The van der Waals surface area contributed by atoms with Crippen LogP contribution in [0.3, 0.4) is 0 Å². The number of hydrogen-bond donors (Lipinski definition) is 3. The van der Waals surface area contributed by atoms with Gasteiger partial charge in [0.25, 0.3) is 0 Å². The molecule has 20 heavy (non-hydrogen) atoms. The Hall–Kier alpha value is -2.01. The van der Waals surface area contributed by atoms with Crippen LogP contribution in [0, 0.1) is 13.8 Å². The average molecular weight is 297 g/mol. The molecule has 0 atom stereocenters. The Kier molecular flexibility index (Phi) is 8.08. The fraction of sp³-hybridized carbons (Fsp3) is 0.286. The van der Waals surface area contributed by atoms with Gasteiger partial charge in [0, 0.05) is 19.3 Å². The SMILES string of the molecule is C=CCNC(=NC)NC(=O)Nc1c(C)cccc1C.Cl. The summed E-state index contributed by atoms with van der Waals surface area (Å²) in [4.78, 5) is 15.8. The second-order valence-corrected chi connectivity index (χ2v) is 4.09. The van der Waals surface area contributed by atoms with Gasteiger partial charge in [-0.1, -0.05) is 24.3 Å². The lowest BCUT2D eigenvalue weighted by atomic mass is 10.1. The van der Waals surface area contributed by atoms with Gasteiger partial charge >= 0.3 is 6.03 Å². The number of para-hydroxylation sites is 1. The lowest BCUT2D eigenvalue weighted by molar-refractivity contribution is 0.256. The van der Waals surface area contributed by atoms with E-state index in [2.05, 4.69) is 27.5 Å². The predicted molar refractivity (Wildman–Crippen MR) is 86.9 cm³/mol. The van der Waals surface area contributed by atoms with Crippen molar-refractivity contribution >= 4 is 30.1 Å². The summed E-state index contributed by atoms with van der Waals surface area (Å²) in [6.07, 6.45) is 1.69. The van der Waals surface area contributed by atoms with Crippen molar-refractivity contribution in [3.63, 3.8) is 0 Å². The molecule has 0 aliphatic rings. The predicted octanol–water partition coefficient (Wildman–Crippen LogP) is 2.61. The summed E-state index contributed by atoms with van der Waals surface area (Å²) in [6, 6.07) is 5.54. The average Bonchev–Trinajstić information content (AvgIpc) is 2.39. The van der Waals surface area contributed by atoms with Crippen LogP contribution in [0.5, 0.6) is 0 Å². The molecule has 110 valence electrons. The minimum atomic E-state index is -0.324. The van der Waals surface area contributed by atoms with E-state index in [1.54, 1.807) is 13.1 Å². The normalized spacial score (nSPS) is 10.2. The summed E-state index contributed by atoms with van der Waals surface area (Å²) >= 11 is 0. The summed E-state index contributed by atoms with van der Waals surface area (Å²) in [5, 5.41) is 8.39. The zero-order valence-corrected chi connectivity index (χ0v) is 12.8. The van der Waals surface area contributed by atoms with Crippen LogP contribution in [0.2, 0.25) is 0 Å². The molecular weight excluding hydrogens is 276 g/mol. The number of aryl methyl sites for hydroxylation is 2. The number of nitrogens with zero attached hydrogens (tertiary/aromatic N) is 1. The van der Waals surface area contributed by atoms with E-state index in [1.807, 2.05) is 32.0 Å². The van der Waals surface area contributed by atoms with Crippen molar-refractivity contribution in [2.24, 2.45) is 4.99 Å². The third-order valence-electron chi connectivity index (χ3n) is 2.59. The van der Waals surface area contributed by atoms with Crippen molar-refractivity contribution in [2.75, 3.05) is 18.9 Å². The first-order valence-corrected chi connectivity index (χ1v) is 6.04. The number of urea groups is 1. The smallest absolute Gasteiger partial charge is 0.326 e. The van der Waals surface area contributed by atoms with Crippen LogP contribution in [-0.4, -0.2) is 25.6 Å². The molecule has 0 bridgehead atoms. The van der Waals surface area contributed by atoms with Gasteiger partial charge in [-0.2, -0.15) is 0 Å². The van der Waals surface area contributed by atoms with Gasteiger partial charge in [-0.15, -0.1) is 19.0 Å². The van der Waals surface area contributed by atoms with Gasteiger partial charge in [-0.3, -0.25) is 10.3 Å². The fourth-order valence-corrected chi connectivity index (χ4v) is 1.61. The number of halogens is 1. The van der Waals surface area contributed by atoms with Crippen LogP contribution >= 0.6 is 12.4 Å². The van der Waals surface area contributed by atoms with Crippen molar-refractivity contribution in [1.29, 1.82) is 0 Å². The summed E-state index contributed by atoms with van der Waals surface area (Å²) in [5.74, 6) is 0.406. The van der Waals surface area contributed by atoms with Crippen molar-refractivity contribution in [1.82, 2.24) is 10.6 Å². The first-order chi connectivity index (χ1) is 9.08. The maximum Gasteiger partial charge on any atom is 0.326 e. The molecule has 2 amide bonds. The molecule has 1 aromatic rings. The zero-order chi connectivity index (χ0) is 14.3. The molecule has 1 aromatic carbocycles. The second-order valence-electron chi connectivity index (χ2n) is 4.09. The Labute approximate surface area is 126 Å². The number of anilines is 1. The third-order valence-corrected chi connectivity index (χ3v) is 2.59. The number of carbonyl (C=O) groups is 1. The van der Waals surface area contributed by atoms with E-state index >= 15 is 0 Å². The maximum atomic E-state index is 11.9. The Balaban J connectivity index is 0.00000361. The van der Waals surface area contributed by atoms with Crippen molar-refractivity contribution in [2.45, 2.75) is 13.8 Å². The minimum Gasteiger partial charge on any atom is -0.353 e. The standard InChI is InChI=1S/C14H20N4O.ClH/c1-5-9-16-13(15-4)18-14(19)17-12-10(2)7-6-8-11(12)3;/h5-8H,1,9H2,2-4H3,(H3,15,16,17,18,19);1H. The van der Waals surface area contributed by atoms with Gasteiger partial charge in [-0.25, -0.2) is 4.79 Å². The van der Waals surface area contributed by atoms with E-state index < -0.39 is 0 Å². The highest BCUT2D eigenvalue weighted by molar-refractivity contribution is 6.03. The monoisotopic (exact) mass is 296 g/mol. The molecule has 5 nitrogen and oxygen atoms in total. The highest BCUT2D eigenvalue weighted by Crippen LogP contribution is 2.18. The minimum absolute atomic E-state index is 0. The van der Waals surface area contributed by atoms with E-state index in [1.165, 1.54) is 0 Å². The Morgan fingerprint density at radius 2 is 1.95 bits per heavy atom. The lowest BCUT2D eigenvalue weighted by Crippen LogP contribution is -2.43. The van der Waals surface area contributed by atoms with Gasteiger partial charge in [-0.05, 0) is 25.0 Å². The summed E-state index contributed by atoms with van der Waals surface area (Å²) in [7, 11) is 1.60. The number of amides is 2.